The zero-order chi connectivity index (χ0) is 12.7. The van der Waals surface area contributed by atoms with Gasteiger partial charge in [0.2, 0.25) is 0 Å². The molecule has 1 rings (SSSR count). The third-order valence-electron chi connectivity index (χ3n) is 3.53. The standard InChI is InChI=1S/C16H26O/c1-4-6-9-14(5-2)12-16(17)15-10-7-8-13(3)11-15/h7-8,10-11,14,16-17H,4-6,9,12H2,1-3H3. The van der Waals surface area contributed by atoms with E-state index in [9.17, 15) is 5.11 Å². The first-order valence-electron chi connectivity index (χ1n) is 6.92. The fourth-order valence-corrected chi connectivity index (χ4v) is 2.31. The molecule has 0 radical (unpaired) electrons. The molecular weight excluding hydrogens is 208 g/mol. The van der Waals surface area contributed by atoms with Gasteiger partial charge in [0.05, 0.1) is 6.10 Å². The van der Waals surface area contributed by atoms with E-state index in [4.69, 9.17) is 0 Å². The van der Waals surface area contributed by atoms with Gasteiger partial charge < -0.3 is 5.11 Å². The Morgan fingerprint density at radius 3 is 2.59 bits per heavy atom. The Hall–Kier alpha value is -0.820. The summed E-state index contributed by atoms with van der Waals surface area (Å²) in [5.74, 6) is 0.658. The van der Waals surface area contributed by atoms with Crippen LogP contribution < -0.4 is 0 Å². The molecule has 2 unspecified atom stereocenters. The molecule has 17 heavy (non-hydrogen) atoms. The van der Waals surface area contributed by atoms with Crippen molar-refractivity contribution in [3.63, 3.8) is 0 Å². The summed E-state index contributed by atoms with van der Waals surface area (Å²) in [6.07, 6.45) is 5.55. The van der Waals surface area contributed by atoms with Gasteiger partial charge in [0.15, 0.2) is 0 Å². The highest BCUT2D eigenvalue weighted by Crippen LogP contribution is 2.26. The first kappa shape index (κ1) is 14.2. The molecule has 0 fully saturated rings. The van der Waals surface area contributed by atoms with Gasteiger partial charge in [0.25, 0.3) is 0 Å². The number of hydrogen-bond acceptors (Lipinski definition) is 1. The minimum Gasteiger partial charge on any atom is -0.388 e. The number of aliphatic hydroxyl groups is 1. The summed E-state index contributed by atoms with van der Waals surface area (Å²) in [5, 5.41) is 10.2. The van der Waals surface area contributed by atoms with E-state index >= 15 is 0 Å². The van der Waals surface area contributed by atoms with Crippen LogP contribution in [0.15, 0.2) is 24.3 Å². The third kappa shape index (κ3) is 4.91. The summed E-state index contributed by atoms with van der Waals surface area (Å²) in [4.78, 5) is 0. The molecule has 0 aliphatic heterocycles. The summed E-state index contributed by atoms with van der Waals surface area (Å²) >= 11 is 0. The lowest BCUT2D eigenvalue weighted by molar-refractivity contribution is 0.139. The SMILES string of the molecule is CCCCC(CC)CC(O)c1cccc(C)c1. The molecule has 0 aliphatic carbocycles. The van der Waals surface area contributed by atoms with Gasteiger partial charge in [-0.2, -0.15) is 0 Å². The van der Waals surface area contributed by atoms with Crippen molar-refractivity contribution in [1.82, 2.24) is 0 Å². The molecule has 1 N–H and O–H groups in total. The summed E-state index contributed by atoms with van der Waals surface area (Å²) in [7, 11) is 0. The van der Waals surface area contributed by atoms with Gasteiger partial charge >= 0.3 is 0 Å². The summed E-state index contributed by atoms with van der Waals surface area (Å²) in [5.41, 5.74) is 2.29. The van der Waals surface area contributed by atoms with E-state index in [0.29, 0.717) is 5.92 Å². The van der Waals surface area contributed by atoms with Crippen molar-refractivity contribution in [2.75, 3.05) is 0 Å². The quantitative estimate of drug-likeness (QED) is 0.729. The smallest absolute Gasteiger partial charge is 0.0792 e. The molecular formula is C16H26O. The lowest BCUT2D eigenvalue weighted by Crippen LogP contribution is -2.07. The first-order valence-corrected chi connectivity index (χ1v) is 6.92. The second-order valence-corrected chi connectivity index (χ2v) is 5.08. The van der Waals surface area contributed by atoms with Gasteiger partial charge in [-0.25, -0.2) is 0 Å². The van der Waals surface area contributed by atoms with Crippen LogP contribution >= 0.6 is 0 Å². The van der Waals surface area contributed by atoms with Crippen molar-refractivity contribution in [1.29, 1.82) is 0 Å². The molecule has 0 spiro atoms. The van der Waals surface area contributed by atoms with E-state index in [2.05, 4.69) is 32.9 Å². The fourth-order valence-electron chi connectivity index (χ4n) is 2.31. The van der Waals surface area contributed by atoms with Crippen molar-refractivity contribution in [2.24, 2.45) is 5.92 Å². The molecule has 1 heteroatoms. The van der Waals surface area contributed by atoms with Gasteiger partial charge in [0.1, 0.15) is 0 Å². The Morgan fingerprint density at radius 2 is 2.00 bits per heavy atom. The number of unbranched alkanes of at least 4 members (excludes halogenated alkanes) is 1. The molecule has 0 amide bonds. The molecule has 1 aromatic rings. The van der Waals surface area contributed by atoms with Gasteiger partial charge in [0, 0.05) is 0 Å². The van der Waals surface area contributed by atoms with Crippen molar-refractivity contribution in [3.8, 4) is 0 Å². The molecule has 0 bridgehead atoms. The van der Waals surface area contributed by atoms with E-state index in [1.54, 1.807) is 0 Å². The van der Waals surface area contributed by atoms with E-state index in [-0.39, 0.29) is 6.10 Å². The van der Waals surface area contributed by atoms with Crippen LogP contribution in [0.2, 0.25) is 0 Å². The van der Waals surface area contributed by atoms with Crippen LogP contribution in [-0.2, 0) is 0 Å². The van der Waals surface area contributed by atoms with Crippen LogP contribution in [0.3, 0.4) is 0 Å². The zero-order valence-corrected chi connectivity index (χ0v) is 11.4. The average molecular weight is 234 g/mol. The average Bonchev–Trinajstić information content (AvgIpc) is 2.34. The Labute approximate surface area is 106 Å². The fraction of sp³-hybridized carbons (Fsp3) is 0.625. The Morgan fingerprint density at radius 1 is 1.24 bits per heavy atom. The van der Waals surface area contributed by atoms with Gasteiger partial charge in [-0.1, -0.05) is 69.4 Å². The monoisotopic (exact) mass is 234 g/mol. The molecule has 0 saturated heterocycles. The highest BCUT2D eigenvalue weighted by Gasteiger charge is 2.14. The van der Waals surface area contributed by atoms with E-state index in [0.717, 1.165) is 12.0 Å². The molecule has 0 saturated carbocycles. The summed E-state index contributed by atoms with van der Waals surface area (Å²) < 4.78 is 0. The molecule has 1 aromatic carbocycles. The lowest BCUT2D eigenvalue weighted by Gasteiger charge is -2.19. The minimum atomic E-state index is -0.295. The van der Waals surface area contributed by atoms with Crippen molar-refractivity contribution >= 4 is 0 Å². The zero-order valence-electron chi connectivity index (χ0n) is 11.4. The topological polar surface area (TPSA) is 20.2 Å². The van der Waals surface area contributed by atoms with E-state index in [1.165, 1.54) is 31.2 Å². The molecule has 1 nitrogen and oxygen atoms in total. The normalized spacial score (nSPS) is 14.6. The molecule has 0 aliphatic rings. The molecule has 96 valence electrons. The maximum absolute atomic E-state index is 10.2. The highest BCUT2D eigenvalue weighted by atomic mass is 16.3. The lowest BCUT2D eigenvalue weighted by atomic mass is 9.90. The van der Waals surface area contributed by atoms with Gasteiger partial charge in [-0.15, -0.1) is 0 Å². The predicted molar refractivity (Wildman–Crippen MR) is 74.1 cm³/mol. The Balaban J connectivity index is 2.54. The van der Waals surface area contributed by atoms with Crippen LogP contribution in [0, 0.1) is 12.8 Å². The van der Waals surface area contributed by atoms with Gasteiger partial charge in [-0.05, 0) is 24.8 Å². The van der Waals surface area contributed by atoms with Crippen molar-refractivity contribution in [2.45, 2.75) is 59.0 Å². The van der Waals surface area contributed by atoms with Crippen molar-refractivity contribution in [3.05, 3.63) is 35.4 Å². The molecule has 0 aromatic heterocycles. The molecule has 0 heterocycles. The maximum atomic E-state index is 10.2. The Bertz CT molecular complexity index is 319. The van der Waals surface area contributed by atoms with Gasteiger partial charge in [-0.3, -0.25) is 0 Å². The highest BCUT2D eigenvalue weighted by molar-refractivity contribution is 5.23. The Kier molecular flexibility index (Phi) is 6.28. The minimum absolute atomic E-state index is 0.295. The summed E-state index contributed by atoms with van der Waals surface area (Å²) in [6.45, 7) is 6.53. The number of aryl methyl sites for hydroxylation is 1. The van der Waals surface area contributed by atoms with Crippen LogP contribution in [0.4, 0.5) is 0 Å². The number of benzene rings is 1. The van der Waals surface area contributed by atoms with Crippen LogP contribution in [0.5, 0.6) is 0 Å². The largest absolute Gasteiger partial charge is 0.388 e. The van der Waals surface area contributed by atoms with Crippen LogP contribution in [-0.4, -0.2) is 5.11 Å². The number of rotatable bonds is 7. The van der Waals surface area contributed by atoms with E-state index in [1.807, 2.05) is 12.1 Å². The second-order valence-electron chi connectivity index (χ2n) is 5.08. The maximum Gasteiger partial charge on any atom is 0.0792 e. The summed E-state index contributed by atoms with van der Waals surface area (Å²) in [6, 6.07) is 8.23. The van der Waals surface area contributed by atoms with Crippen LogP contribution in [0.25, 0.3) is 0 Å². The number of aliphatic hydroxyl groups excluding tert-OH is 1. The van der Waals surface area contributed by atoms with E-state index < -0.39 is 0 Å². The number of hydrogen-bond donors (Lipinski definition) is 1. The first-order chi connectivity index (χ1) is 8.17. The van der Waals surface area contributed by atoms with Crippen molar-refractivity contribution < 1.29 is 5.11 Å². The van der Waals surface area contributed by atoms with Crippen LogP contribution in [0.1, 0.15) is 63.2 Å². The predicted octanol–water partition coefficient (Wildman–Crippen LogP) is 4.63. The third-order valence-corrected chi connectivity index (χ3v) is 3.53. The molecule has 2 atom stereocenters. The second kappa shape index (κ2) is 7.50.